The third kappa shape index (κ3) is 6.83. The lowest BCUT2D eigenvalue weighted by atomic mass is 9.88. The highest BCUT2D eigenvalue weighted by molar-refractivity contribution is 7.17. The van der Waals surface area contributed by atoms with Gasteiger partial charge < -0.3 is 14.8 Å². The summed E-state index contributed by atoms with van der Waals surface area (Å²) < 4.78 is 11.0. The van der Waals surface area contributed by atoms with Crippen molar-refractivity contribution in [2.45, 2.75) is 39.7 Å². The molecule has 1 aliphatic rings. The van der Waals surface area contributed by atoms with E-state index in [1.165, 1.54) is 17.6 Å². The van der Waals surface area contributed by atoms with E-state index >= 15 is 0 Å². The number of anilines is 1. The maximum Gasteiger partial charge on any atom is 0.341 e. The molecule has 1 unspecified atom stereocenters. The van der Waals surface area contributed by atoms with E-state index in [1.54, 1.807) is 19.1 Å². The molecule has 2 amide bonds. The summed E-state index contributed by atoms with van der Waals surface area (Å²) in [6.07, 6.45) is 3.95. The lowest BCUT2D eigenvalue weighted by Crippen LogP contribution is -2.32. The Morgan fingerprint density at radius 3 is 2.70 bits per heavy atom. The Hall–Kier alpha value is -3.98. The zero-order valence-electron chi connectivity index (χ0n) is 20.8. The molecule has 4 rings (SSSR count). The van der Waals surface area contributed by atoms with Crippen LogP contribution in [0.3, 0.4) is 0 Å². The van der Waals surface area contributed by atoms with E-state index in [2.05, 4.69) is 22.8 Å². The van der Waals surface area contributed by atoms with Gasteiger partial charge in [0.15, 0.2) is 0 Å². The highest BCUT2D eigenvalue weighted by atomic mass is 32.1. The second kappa shape index (κ2) is 12.3. The second-order valence-electron chi connectivity index (χ2n) is 8.78. The van der Waals surface area contributed by atoms with Crippen molar-refractivity contribution in [3.63, 3.8) is 0 Å². The number of hydrogen-bond acceptors (Lipinski definition) is 7. The van der Waals surface area contributed by atoms with Crippen LogP contribution in [-0.4, -0.2) is 30.6 Å². The van der Waals surface area contributed by atoms with Gasteiger partial charge in [-0.1, -0.05) is 49.4 Å². The second-order valence-corrected chi connectivity index (χ2v) is 9.88. The number of esters is 1. The monoisotopic (exact) mass is 519 g/mol. The van der Waals surface area contributed by atoms with Crippen LogP contribution in [0.4, 0.5) is 5.00 Å². The predicted octanol–water partition coefficient (Wildman–Crippen LogP) is 4.72. The Morgan fingerprint density at radius 1 is 1.11 bits per heavy atom. The number of hydrazone groups is 1. The van der Waals surface area contributed by atoms with Crippen molar-refractivity contribution in [1.82, 2.24) is 5.43 Å². The molecule has 1 heterocycles. The minimum Gasteiger partial charge on any atom is -0.489 e. The summed E-state index contributed by atoms with van der Waals surface area (Å²) in [6, 6.07) is 17.0. The number of ether oxygens (including phenoxy) is 2. The Balaban J connectivity index is 1.37. The van der Waals surface area contributed by atoms with Gasteiger partial charge in [0, 0.05) is 4.88 Å². The molecule has 0 bridgehead atoms. The number of carbonyl (C=O) groups excluding carboxylic acids is 3. The first kappa shape index (κ1) is 26.1. The molecule has 0 aliphatic heterocycles. The average Bonchev–Trinajstić information content (AvgIpc) is 3.25. The molecule has 3 aromatic rings. The number of amides is 2. The van der Waals surface area contributed by atoms with Crippen LogP contribution in [-0.2, 0) is 33.8 Å². The fourth-order valence-electron chi connectivity index (χ4n) is 4.06. The van der Waals surface area contributed by atoms with Crippen LogP contribution in [0, 0.1) is 5.92 Å². The van der Waals surface area contributed by atoms with E-state index in [-0.39, 0.29) is 6.61 Å². The number of carbonyl (C=O) groups is 3. The van der Waals surface area contributed by atoms with Crippen LogP contribution in [0.25, 0.3) is 0 Å². The molecule has 1 aliphatic carbocycles. The smallest absolute Gasteiger partial charge is 0.341 e. The quantitative estimate of drug-likeness (QED) is 0.194. The lowest BCUT2D eigenvalue weighted by Gasteiger charge is -2.18. The molecular weight excluding hydrogens is 490 g/mol. The summed E-state index contributed by atoms with van der Waals surface area (Å²) >= 11 is 1.33. The molecule has 0 spiro atoms. The third-order valence-corrected chi connectivity index (χ3v) is 7.08. The standard InChI is InChI=1S/C28H29N3O5S/c1-3-35-28(34)24-22-13-12-18(2)14-23(22)37-27(24)30-25(32)26(33)31-29-16-20-10-7-11-21(15-20)36-17-19-8-5-4-6-9-19/h4-11,15-16,18H,3,12-14,17H2,1-2H3,(H,30,32)(H,31,33). The highest BCUT2D eigenvalue weighted by Crippen LogP contribution is 2.40. The van der Waals surface area contributed by atoms with E-state index in [1.807, 2.05) is 42.5 Å². The number of nitrogens with zero attached hydrogens (tertiary/aromatic N) is 1. The van der Waals surface area contributed by atoms with Crippen LogP contribution in [0.5, 0.6) is 5.75 Å². The highest BCUT2D eigenvalue weighted by Gasteiger charge is 2.30. The molecule has 1 atom stereocenters. The number of rotatable bonds is 8. The summed E-state index contributed by atoms with van der Waals surface area (Å²) in [4.78, 5) is 38.6. The molecule has 0 radical (unpaired) electrons. The number of hydrogen-bond donors (Lipinski definition) is 2. The summed E-state index contributed by atoms with van der Waals surface area (Å²) in [6.45, 7) is 4.53. The average molecular weight is 520 g/mol. The minimum absolute atomic E-state index is 0.223. The molecular formula is C28H29N3O5S. The zero-order chi connectivity index (χ0) is 26.2. The van der Waals surface area contributed by atoms with Gasteiger partial charge in [-0.2, -0.15) is 5.10 Å². The molecule has 0 saturated carbocycles. The van der Waals surface area contributed by atoms with E-state index in [0.717, 1.165) is 35.3 Å². The largest absolute Gasteiger partial charge is 0.489 e. The van der Waals surface area contributed by atoms with Crippen molar-refractivity contribution >= 4 is 40.3 Å². The van der Waals surface area contributed by atoms with E-state index < -0.39 is 17.8 Å². The van der Waals surface area contributed by atoms with Gasteiger partial charge in [-0.05, 0) is 60.9 Å². The van der Waals surface area contributed by atoms with Crippen molar-refractivity contribution in [2.24, 2.45) is 11.0 Å². The van der Waals surface area contributed by atoms with Gasteiger partial charge >= 0.3 is 17.8 Å². The first-order valence-electron chi connectivity index (χ1n) is 12.2. The van der Waals surface area contributed by atoms with Crippen molar-refractivity contribution in [3.8, 4) is 5.75 Å². The lowest BCUT2D eigenvalue weighted by molar-refractivity contribution is -0.136. The Kier molecular flexibility index (Phi) is 8.68. The molecule has 2 N–H and O–H groups in total. The molecule has 192 valence electrons. The maximum absolute atomic E-state index is 12.6. The fraction of sp³-hybridized carbons (Fsp3) is 0.286. The first-order valence-corrected chi connectivity index (χ1v) is 13.0. The van der Waals surface area contributed by atoms with Crippen molar-refractivity contribution in [3.05, 3.63) is 81.7 Å². The van der Waals surface area contributed by atoms with Gasteiger partial charge in [0.25, 0.3) is 0 Å². The van der Waals surface area contributed by atoms with E-state index in [0.29, 0.717) is 34.4 Å². The van der Waals surface area contributed by atoms with Gasteiger partial charge in [0.2, 0.25) is 0 Å². The SMILES string of the molecule is CCOC(=O)c1c(NC(=O)C(=O)NN=Cc2cccc(OCc3ccccc3)c2)sc2c1CCC(C)C2. The van der Waals surface area contributed by atoms with Crippen LogP contribution in [0.2, 0.25) is 0 Å². The zero-order valence-corrected chi connectivity index (χ0v) is 21.6. The van der Waals surface area contributed by atoms with E-state index in [9.17, 15) is 14.4 Å². The van der Waals surface area contributed by atoms with Gasteiger partial charge in [-0.25, -0.2) is 10.2 Å². The van der Waals surface area contributed by atoms with Gasteiger partial charge in [0.1, 0.15) is 17.4 Å². The molecule has 8 nitrogen and oxygen atoms in total. The van der Waals surface area contributed by atoms with Crippen molar-refractivity contribution in [1.29, 1.82) is 0 Å². The Bertz CT molecular complexity index is 1300. The molecule has 9 heteroatoms. The summed E-state index contributed by atoms with van der Waals surface area (Å²) in [5.74, 6) is -1.20. The molecule has 0 fully saturated rings. The number of thiophene rings is 1. The summed E-state index contributed by atoms with van der Waals surface area (Å²) in [5.41, 5.74) is 5.24. The summed E-state index contributed by atoms with van der Waals surface area (Å²) in [7, 11) is 0. The third-order valence-electron chi connectivity index (χ3n) is 5.91. The topological polar surface area (TPSA) is 106 Å². The molecule has 2 aromatic carbocycles. The van der Waals surface area contributed by atoms with Gasteiger partial charge in [-0.3, -0.25) is 9.59 Å². The Labute approximate surface area is 219 Å². The van der Waals surface area contributed by atoms with E-state index in [4.69, 9.17) is 9.47 Å². The maximum atomic E-state index is 12.6. The van der Waals surface area contributed by atoms with Crippen LogP contribution in [0.15, 0.2) is 59.7 Å². The van der Waals surface area contributed by atoms with Crippen LogP contribution in [0.1, 0.15) is 52.2 Å². The van der Waals surface area contributed by atoms with Crippen molar-refractivity contribution < 1.29 is 23.9 Å². The van der Waals surface area contributed by atoms with Crippen molar-refractivity contribution in [2.75, 3.05) is 11.9 Å². The number of nitrogens with one attached hydrogen (secondary N) is 2. The summed E-state index contributed by atoms with van der Waals surface area (Å²) in [5, 5.41) is 6.82. The first-order chi connectivity index (χ1) is 17.9. The van der Waals surface area contributed by atoms with Crippen LogP contribution >= 0.6 is 11.3 Å². The van der Waals surface area contributed by atoms with Gasteiger partial charge in [-0.15, -0.1) is 11.3 Å². The fourth-order valence-corrected chi connectivity index (χ4v) is 5.45. The minimum atomic E-state index is -0.942. The number of benzene rings is 2. The van der Waals surface area contributed by atoms with Crippen LogP contribution < -0.4 is 15.5 Å². The molecule has 1 aromatic heterocycles. The number of fused-ring (bicyclic) bond motifs is 1. The van der Waals surface area contributed by atoms with Gasteiger partial charge in [0.05, 0.1) is 18.4 Å². The normalized spacial score (nSPS) is 14.6. The predicted molar refractivity (Wildman–Crippen MR) is 143 cm³/mol. The molecule has 0 saturated heterocycles. The Morgan fingerprint density at radius 2 is 1.92 bits per heavy atom. The molecule has 37 heavy (non-hydrogen) atoms.